The van der Waals surface area contributed by atoms with Crippen LogP contribution in [0.3, 0.4) is 0 Å². The monoisotopic (exact) mass is 306 g/mol. The van der Waals surface area contributed by atoms with Crippen LogP contribution in [-0.4, -0.2) is 51.2 Å². The Morgan fingerprint density at radius 1 is 1.27 bits per heavy atom. The fourth-order valence-corrected chi connectivity index (χ4v) is 3.03. The summed E-state index contributed by atoms with van der Waals surface area (Å²) in [4.78, 5) is 14.7. The standard InChI is InChI=1S/C17H26N2O3/c1-19(13-7-4-5-8-13)12-11-18-17(20)14-9-6-10-15(21-2)16(14)22-3/h6,9-10,13H,4-5,7-8,11-12H2,1-3H3,(H,18,20). The van der Waals surface area contributed by atoms with E-state index >= 15 is 0 Å². The number of carbonyl (C=O) groups is 1. The number of hydrogen-bond donors (Lipinski definition) is 1. The minimum Gasteiger partial charge on any atom is -0.493 e. The summed E-state index contributed by atoms with van der Waals surface area (Å²) in [6.45, 7) is 1.49. The first-order valence-corrected chi connectivity index (χ1v) is 7.86. The topological polar surface area (TPSA) is 50.8 Å². The maximum absolute atomic E-state index is 12.3. The Morgan fingerprint density at radius 3 is 2.64 bits per heavy atom. The molecule has 5 heteroatoms. The summed E-state index contributed by atoms with van der Waals surface area (Å²) in [5.74, 6) is 0.917. The second kappa shape index (κ2) is 8.03. The highest BCUT2D eigenvalue weighted by Crippen LogP contribution is 2.30. The highest BCUT2D eigenvalue weighted by atomic mass is 16.5. The molecule has 1 aromatic carbocycles. The van der Waals surface area contributed by atoms with Gasteiger partial charge in [0.05, 0.1) is 19.8 Å². The first kappa shape index (κ1) is 16.6. The van der Waals surface area contributed by atoms with E-state index in [0.717, 1.165) is 6.54 Å². The van der Waals surface area contributed by atoms with E-state index in [0.29, 0.717) is 29.6 Å². The molecule has 1 N–H and O–H groups in total. The Labute approximate surface area is 132 Å². The van der Waals surface area contributed by atoms with Crippen molar-refractivity contribution in [2.24, 2.45) is 0 Å². The quantitative estimate of drug-likeness (QED) is 0.840. The Kier molecular flexibility index (Phi) is 6.07. The predicted molar refractivity (Wildman–Crippen MR) is 86.8 cm³/mol. The molecule has 1 fully saturated rings. The molecule has 1 aliphatic rings. The van der Waals surface area contributed by atoms with Crippen LogP contribution in [0.4, 0.5) is 0 Å². The molecule has 0 radical (unpaired) electrons. The number of amides is 1. The molecule has 0 unspecified atom stereocenters. The van der Waals surface area contributed by atoms with Gasteiger partial charge in [0, 0.05) is 19.1 Å². The van der Waals surface area contributed by atoms with Gasteiger partial charge in [0.2, 0.25) is 0 Å². The minimum absolute atomic E-state index is 0.129. The Bertz CT molecular complexity index is 499. The van der Waals surface area contributed by atoms with E-state index in [-0.39, 0.29) is 5.91 Å². The van der Waals surface area contributed by atoms with Crippen LogP contribution in [0.2, 0.25) is 0 Å². The molecule has 1 aromatic rings. The second-order valence-electron chi connectivity index (χ2n) is 5.72. The van der Waals surface area contributed by atoms with Crippen LogP contribution in [0.5, 0.6) is 11.5 Å². The lowest BCUT2D eigenvalue weighted by Crippen LogP contribution is -2.37. The number of benzene rings is 1. The largest absolute Gasteiger partial charge is 0.493 e. The number of nitrogens with zero attached hydrogens (tertiary/aromatic N) is 1. The maximum atomic E-state index is 12.3. The van der Waals surface area contributed by atoms with Crippen LogP contribution in [0.1, 0.15) is 36.0 Å². The maximum Gasteiger partial charge on any atom is 0.255 e. The average Bonchev–Trinajstić information content (AvgIpc) is 3.08. The molecule has 0 spiro atoms. The zero-order valence-electron chi connectivity index (χ0n) is 13.7. The smallest absolute Gasteiger partial charge is 0.255 e. The van der Waals surface area contributed by atoms with Gasteiger partial charge < -0.3 is 19.7 Å². The molecule has 122 valence electrons. The van der Waals surface area contributed by atoms with Crippen molar-refractivity contribution >= 4 is 5.91 Å². The van der Waals surface area contributed by atoms with Crippen molar-refractivity contribution in [1.29, 1.82) is 0 Å². The van der Waals surface area contributed by atoms with Crippen molar-refractivity contribution in [3.8, 4) is 11.5 Å². The van der Waals surface area contributed by atoms with Crippen molar-refractivity contribution in [1.82, 2.24) is 10.2 Å². The van der Waals surface area contributed by atoms with Crippen LogP contribution < -0.4 is 14.8 Å². The van der Waals surface area contributed by atoms with Crippen LogP contribution in [0, 0.1) is 0 Å². The third kappa shape index (κ3) is 3.91. The summed E-state index contributed by atoms with van der Waals surface area (Å²) in [6, 6.07) is 5.99. The summed E-state index contributed by atoms with van der Waals surface area (Å²) in [5.41, 5.74) is 0.505. The molecule has 0 bridgehead atoms. The predicted octanol–water partition coefficient (Wildman–Crippen LogP) is 2.31. The second-order valence-corrected chi connectivity index (χ2v) is 5.72. The van der Waals surface area contributed by atoms with Crippen LogP contribution >= 0.6 is 0 Å². The number of nitrogens with one attached hydrogen (secondary N) is 1. The Balaban J connectivity index is 1.89. The van der Waals surface area contributed by atoms with Gasteiger partial charge in [-0.05, 0) is 32.0 Å². The van der Waals surface area contributed by atoms with Crippen molar-refractivity contribution in [3.63, 3.8) is 0 Å². The van der Waals surface area contributed by atoms with E-state index in [4.69, 9.17) is 9.47 Å². The first-order valence-electron chi connectivity index (χ1n) is 7.86. The van der Waals surface area contributed by atoms with E-state index < -0.39 is 0 Å². The van der Waals surface area contributed by atoms with Crippen LogP contribution in [-0.2, 0) is 0 Å². The Morgan fingerprint density at radius 2 is 2.00 bits per heavy atom. The summed E-state index contributed by atoms with van der Waals surface area (Å²) in [6.07, 6.45) is 5.19. The van der Waals surface area contributed by atoms with Gasteiger partial charge in [-0.15, -0.1) is 0 Å². The molecule has 0 saturated heterocycles. The number of ether oxygens (including phenoxy) is 2. The van der Waals surface area contributed by atoms with Gasteiger partial charge in [0.15, 0.2) is 11.5 Å². The fourth-order valence-electron chi connectivity index (χ4n) is 3.03. The number of rotatable bonds is 7. The van der Waals surface area contributed by atoms with Crippen molar-refractivity contribution in [2.75, 3.05) is 34.4 Å². The van der Waals surface area contributed by atoms with Gasteiger partial charge in [-0.3, -0.25) is 4.79 Å². The van der Waals surface area contributed by atoms with E-state index in [1.165, 1.54) is 25.7 Å². The van der Waals surface area contributed by atoms with E-state index in [2.05, 4.69) is 17.3 Å². The van der Waals surface area contributed by atoms with Crippen molar-refractivity contribution in [3.05, 3.63) is 23.8 Å². The normalized spacial score (nSPS) is 15.1. The third-order valence-corrected chi connectivity index (χ3v) is 4.35. The van der Waals surface area contributed by atoms with Gasteiger partial charge in [0.1, 0.15) is 0 Å². The number of carbonyl (C=O) groups excluding carboxylic acids is 1. The highest BCUT2D eigenvalue weighted by molar-refractivity contribution is 5.97. The molecule has 0 atom stereocenters. The molecule has 22 heavy (non-hydrogen) atoms. The van der Waals surface area contributed by atoms with Crippen LogP contribution in [0.15, 0.2) is 18.2 Å². The van der Waals surface area contributed by atoms with Gasteiger partial charge in [-0.25, -0.2) is 0 Å². The summed E-state index contributed by atoms with van der Waals surface area (Å²) in [5, 5.41) is 2.96. The third-order valence-electron chi connectivity index (χ3n) is 4.35. The van der Waals surface area contributed by atoms with Crippen molar-refractivity contribution < 1.29 is 14.3 Å². The van der Waals surface area contributed by atoms with Gasteiger partial charge in [-0.2, -0.15) is 0 Å². The number of para-hydroxylation sites is 1. The average molecular weight is 306 g/mol. The molecule has 5 nitrogen and oxygen atoms in total. The molecular formula is C17H26N2O3. The summed E-state index contributed by atoms with van der Waals surface area (Å²) in [7, 11) is 5.24. The molecule has 1 amide bonds. The van der Waals surface area contributed by atoms with Gasteiger partial charge in [-0.1, -0.05) is 18.9 Å². The zero-order chi connectivity index (χ0) is 15.9. The van der Waals surface area contributed by atoms with Crippen LogP contribution in [0.25, 0.3) is 0 Å². The van der Waals surface area contributed by atoms with Gasteiger partial charge in [0.25, 0.3) is 5.91 Å². The number of hydrogen-bond acceptors (Lipinski definition) is 4. The molecular weight excluding hydrogens is 280 g/mol. The van der Waals surface area contributed by atoms with E-state index in [1.54, 1.807) is 32.4 Å². The molecule has 2 rings (SSSR count). The lowest BCUT2D eigenvalue weighted by molar-refractivity contribution is 0.0943. The molecule has 1 saturated carbocycles. The lowest BCUT2D eigenvalue weighted by atomic mass is 10.1. The summed E-state index contributed by atoms with van der Waals surface area (Å²) >= 11 is 0. The van der Waals surface area contributed by atoms with Crippen molar-refractivity contribution in [2.45, 2.75) is 31.7 Å². The minimum atomic E-state index is -0.129. The first-order chi connectivity index (χ1) is 10.7. The van der Waals surface area contributed by atoms with E-state index in [1.807, 2.05) is 0 Å². The number of likely N-dealkylation sites (N-methyl/N-ethyl adjacent to an activating group) is 1. The molecule has 0 aromatic heterocycles. The Hall–Kier alpha value is -1.75. The molecule has 0 aliphatic heterocycles. The lowest BCUT2D eigenvalue weighted by Gasteiger charge is -2.24. The SMILES string of the molecule is COc1cccc(C(=O)NCCN(C)C2CCCC2)c1OC. The summed E-state index contributed by atoms with van der Waals surface area (Å²) < 4.78 is 10.5. The molecule has 1 aliphatic carbocycles. The fraction of sp³-hybridized carbons (Fsp3) is 0.588. The molecule has 0 heterocycles. The zero-order valence-corrected chi connectivity index (χ0v) is 13.7. The van der Waals surface area contributed by atoms with Gasteiger partial charge >= 0.3 is 0 Å². The number of methoxy groups -OCH3 is 2. The van der Waals surface area contributed by atoms with E-state index in [9.17, 15) is 4.79 Å². The highest BCUT2D eigenvalue weighted by Gasteiger charge is 2.20.